The van der Waals surface area contributed by atoms with Crippen LogP contribution >= 0.6 is 11.8 Å². The monoisotopic (exact) mass is 466 g/mol. The Hall–Kier alpha value is -3.20. The Labute approximate surface area is 185 Å². The molecule has 4 nitrogen and oxygen atoms in total. The zero-order valence-corrected chi connectivity index (χ0v) is 17.6. The molecule has 3 aromatic rings. The third kappa shape index (κ3) is 5.73. The number of carboxylic acids is 1. The van der Waals surface area contributed by atoms with E-state index in [0.29, 0.717) is 22.4 Å². The molecule has 3 aromatic carbocycles. The van der Waals surface area contributed by atoms with Crippen LogP contribution in [0.5, 0.6) is 11.5 Å². The molecule has 0 aliphatic carbocycles. The molecular weight excluding hydrogens is 448 g/mol. The highest BCUT2D eigenvalue weighted by molar-refractivity contribution is 7.98. The molecule has 0 unspecified atom stereocenters. The van der Waals surface area contributed by atoms with Crippen molar-refractivity contribution < 1.29 is 37.3 Å². The van der Waals surface area contributed by atoms with Crippen molar-refractivity contribution in [2.75, 3.05) is 6.61 Å². The molecule has 32 heavy (non-hydrogen) atoms. The lowest BCUT2D eigenvalue weighted by Crippen LogP contribution is -2.09. The lowest BCUT2D eigenvalue weighted by atomic mass is 10.0. The Morgan fingerprint density at radius 1 is 1.03 bits per heavy atom. The Bertz CT molecular complexity index is 1130. The Morgan fingerprint density at radius 3 is 2.31 bits per heavy atom. The number of phenolic OH excluding ortho intramolecular Hbond substituents is 1. The van der Waals surface area contributed by atoms with Gasteiger partial charge in [-0.15, -0.1) is 11.8 Å². The number of carbonyl (C=O) groups is 1. The van der Waals surface area contributed by atoms with Gasteiger partial charge in [-0.25, -0.2) is 9.18 Å². The molecule has 0 spiro atoms. The van der Waals surface area contributed by atoms with Gasteiger partial charge in [-0.1, -0.05) is 12.1 Å². The Balaban J connectivity index is 1.78. The SMILES string of the molecule is Cc1cc(SCc2cc(-c3ccc(C(F)(F)F)cc3)cc(O)c2F)ccc1OCC(=O)O. The highest BCUT2D eigenvalue weighted by Gasteiger charge is 2.30. The smallest absolute Gasteiger partial charge is 0.416 e. The van der Waals surface area contributed by atoms with E-state index in [1.54, 1.807) is 25.1 Å². The minimum absolute atomic E-state index is 0.155. The molecule has 0 atom stereocenters. The average Bonchev–Trinajstić information content (AvgIpc) is 2.73. The molecule has 3 rings (SSSR count). The molecule has 0 aromatic heterocycles. The van der Waals surface area contributed by atoms with Gasteiger partial charge in [-0.05, 0) is 66.1 Å². The summed E-state index contributed by atoms with van der Waals surface area (Å²) in [5.74, 6) is -1.91. The number of aliphatic carboxylic acids is 1. The fourth-order valence-corrected chi connectivity index (χ4v) is 3.92. The third-order valence-electron chi connectivity index (χ3n) is 4.57. The van der Waals surface area contributed by atoms with Crippen LogP contribution in [-0.2, 0) is 16.7 Å². The van der Waals surface area contributed by atoms with Gasteiger partial charge in [0.15, 0.2) is 18.2 Å². The lowest BCUT2D eigenvalue weighted by Gasteiger charge is -2.12. The summed E-state index contributed by atoms with van der Waals surface area (Å²) in [6, 6.07) is 12.1. The average molecular weight is 466 g/mol. The second kappa shape index (κ2) is 9.52. The zero-order valence-electron chi connectivity index (χ0n) is 16.7. The first-order chi connectivity index (χ1) is 15.0. The standard InChI is InChI=1S/C23H18F4O4S/c1-13-8-18(6-7-20(13)31-11-21(29)30)32-12-16-9-15(10-19(28)22(16)24)14-2-4-17(5-3-14)23(25,26)27/h2-10,28H,11-12H2,1H3,(H,29,30). The molecule has 0 aliphatic rings. The first-order valence-corrected chi connectivity index (χ1v) is 10.3. The maximum Gasteiger partial charge on any atom is 0.416 e. The summed E-state index contributed by atoms with van der Waals surface area (Å²) in [5.41, 5.74) is 0.901. The van der Waals surface area contributed by atoms with Gasteiger partial charge in [0.25, 0.3) is 0 Å². The van der Waals surface area contributed by atoms with Gasteiger partial charge in [0, 0.05) is 16.2 Å². The molecule has 0 bridgehead atoms. The van der Waals surface area contributed by atoms with Gasteiger partial charge < -0.3 is 14.9 Å². The number of rotatable bonds is 7. The van der Waals surface area contributed by atoms with E-state index in [1.165, 1.54) is 36.0 Å². The predicted octanol–water partition coefficient (Wildman–Crippen LogP) is 6.28. The minimum atomic E-state index is -4.46. The van der Waals surface area contributed by atoms with E-state index in [1.807, 2.05) is 0 Å². The van der Waals surface area contributed by atoms with Crippen molar-refractivity contribution in [2.24, 2.45) is 0 Å². The van der Waals surface area contributed by atoms with Gasteiger partial charge in [-0.2, -0.15) is 13.2 Å². The molecule has 0 amide bonds. The van der Waals surface area contributed by atoms with Crippen LogP contribution in [0.2, 0.25) is 0 Å². The molecule has 168 valence electrons. The second-order valence-electron chi connectivity index (χ2n) is 6.94. The Morgan fingerprint density at radius 2 is 1.72 bits per heavy atom. The summed E-state index contributed by atoms with van der Waals surface area (Å²) in [4.78, 5) is 11.4. The van der Waals surface area contributed by atoms with Crippen LogP contribution in [-0.4, -0.2) is 22.8 Å². The predicted molar refractivity (Wildman–Crippen MR) is 112 cm³/mol. The van der Waals surface area contributed by atoms with Gasteiger partial charge in [-0.3, -0.25) is 0 Å². The van der Waals surface area contributed by atoms with Crippen molar-refractivity contribution in [3.05, 3.63) is 77.1 Å². The largest absolute Gasteiger partial charge is 0.505 e. The number of ether oxygens (including phenoxy) is 1. The summed E-state index contributed by atoms with van der Waals surface area (Å²) in [7, 11) is 0. The molecule has 0 aliphatic heterocycles. The van der Waals surface area contributed by atoms with Gasteiger partial charge in [0.1, 0.15) is 5.75 Å². The number of halogens is 4. The van der Waals surface area contributed by atoms with Crippen molar-refractivity contribution in [1.82, 2.24) is 0 Å². The van der Waals surface area contributed by atoms with E-state index in [4.69, 9.17) is 9.84 Å². The normalized spacial score (nSPS) is 11.4. The topological polar surface area (TPSA) is 66.8 Å². The molecule has 0 heterocycles. The van der Waals surface area contributed by atoms with E-state index >= 15 is 0 Å². The third-order valence-corrected chi connectivity index (χ3v) is 5.61. The number of thioether (sulfide) groups is 1. The first-order valence-electron chi connectivity index (χ1n) is 9.31. The van der Waals surface area contributed by atoms with Gasteiger partial charge >= 0.3 is 12.1 Å². The van der Waals surface area contributed by atoms with Crippen LogP contribution in [0.25, 0.3) is 11.1 Å². The Kier molecular flexibility index (Phi) is 6.98. The van der Waals surface area contributed by atoms with Crippen molar-refractivity contribution in [3.8, 4) is 22.6 Å². The second-order valence-corrected chi connectivity index (χ2v) is 7.99. The minimum Gasteiger partial charge on any atom is -0.505 e. The number of hydrogen-bond donors (Lipinski definition) is 2. The zero-order chi connectivity index (χ0) is 23.5. The van der Waals surface area contributed by atoms with E-state index in [0.717, 1.165) is 17.0 Å². The fourth-order valence-electron chi connectivity index (χ4n) is 2.97. The molecule has 9 heteroatoms. The van der Waals surface area contributed by atoms with Crippen molar-refractivity contribution in [1.29, 1.82) is 0 Å². The molecular formula is C23H18F4O4S. The lowest BCUT2D eigenvalue weighted by molar-refractivity contribution is -0.139. The van der Waals surface area contributed by atoms with Crippen LogP contribution in [0, 0.1) is 12.7 Å². The summed E-state index contributed by atoms with van der Waals surface area (Å²) in [6.45, 7) is 1.29. The highest BCUT2D eigenvalue weighted by Crippen LogP contribution is 2.35. The van der Waals surface area contributed by atoms with E-state index in [-0.39, 0.29) is 11.3 Å². The van der Waals surface area contributed by atoms with Gasteiger partial charge in [0.2, 0.25) is 0 Å². The molecule has 0 radical (unpaired) electrons. The maximum absolute atomic E-state index is 14.5. The highest BCUT2D eigenvalue weighted by atomic mass is 32.2. The number of benzene rings is 3. The van der Waals surface area contributed by atoms with Crippen LogP contribution in [0.15, 0.2) is 59.5 Å². The summed E-state index contributed by atoms with van der Waals surface area (Å²) in [6.07, 6.45) is -4.46. The van der Waals surface area contributed by atoms with Gasteiger partial charge in [0.05, 0.1) is 5.56 Å². The number of hydrogen-bond acceptors (Lipinski definition) is 4. The number of carboxylic acid groups (broad SMARTS) is 1. The number of alkyl halides is 3. The first kappa shape index (κ1) is 23.5. The van der Waals surface area contributed by atoms with Crippen molar-refractivity contribution in [2.45, 2.75) is 23.7 Å². The molecule has 0 saturated carbocycles. The maximum atomic E-state index is 14.5. The van der Waals surface area contributed by atoms with Crippen LogP contribution in [0.4, 0.5) is 17.6 Å². The van der Waals surface area contributed by atoms with Crippen LogP contribution in [0.3, 0.4) is 0 Å². The number of aromatic hydroxyl groups is 1. The quantitative estimate of drug-likeness (QED) is 0.317. The van der Waals surface area contributed by atoms with E-state index in [2.05, 4.69) is 0 Å². The number of phenols is 1. The molecule has 0 saturated heterocycles. The summed E-state index contributed by atoms with van der Waals surface area (Å²) >= 11 is 1.28. The van der Waals surface area contributed by atoms with Crippen LogP contribution in [0.1, 0.15) is 16.7 Å². The summed E-state index contributed by atoms with van der Waals surface area (Å²) < 4.78 is 57.9. The van der Waals surface area contributed by atoms with Crippen molar-refractivity contribution in [3.63, 3.8) is 0 Å². The van der Waals surface area contributed by atoms with E-state index < -0.39 is 35.9 Å². The van der Waals surface area contributed by atoms with Crippen LogP contribution < -0.4 is 4.74 Å². The summed E-state index contributed by atoms with van der Waals surface area (Å²) in [5, 5.41) is 18.7. The fraction of sp³-hybridized carbons (Fsp3) is 0.174. The van der Waals surface area contributed by atoms with E-state index in [9.17, 15) is 27.5 Å². The molecule has 2 N–H and O–H groups in total. The molecule has 0 fully saturated rings. The number of aryl methyl sites for hydroxylation is 1. The van der Waals surface area contributed by atoms with Crippen molar-refractivity contribution >= 4 is 17.7 Å².